The minimum absolute atomic E-state index is 0.548. The lowest BCUT2D eigenvalue weighted by Crippen LogP contribution is -2.40. The highest BCUT2D eigenvalue weighted by atomic mass is 32.1. The van der Waals surface area contributed by atoms with Crippen molar-refractivity contribution >= 4 is 34.6 Å². The molecule has 1 aliphatic carbocycles. The van der Waals surface area contributed by atoms with Crippen LogP contribution in [0.1, 0.15) is 30.6 Å². The van der Waals surface area contributed by atoms with Gasteiger partial charge in [0.05, 0.1) is 12.8 Å². The Morgan fingerprint density at radius 3 is 2.85 bits per heavy atom. The molecular weight excluding hydrogens is 288 g/mol. The fraction of sp³-hybridized carbons (Fsp3) is 0.400. The summed E-state index contributed by atoms with van der Waals surface area (Å²) in [6.45, 7) is 0.884. The largest absolute Gasteiger partial charge is 0.449 e. The average Bonchev–Trinajstić information content (AvgIpc) is 3.19. The van der Waals surface area contributed by atoms with Crippen molar-refractivity contribution in [2.75, 3.05) is 5.32 Å². The van der Waals surface area contributed by atoms with Gasteiger partial charge in [0.25, 0.3) is 0 Å². The minimum Gasteiger partial charge on any atom is -0.449 e. The van der Waals surface area contributed by atoms with Crippen molar-refractivity contribution in [3.8, 4) is 0 Å². The van der Waals surface area contributed by atoms with Gasteiger partial charge in [-0.15, -0.1) is 11.3 Å². The topological polar surface area (TPSA) is 28.4 Å². The van der Waals surface area contributed by atoms with Crippen LogP contribution in [0.2, 0.25) is 0 Å². The van der Waals surface area contributed by atoms with Gasteiger partial charge in [0.2, 0.25) is 0 Å². The summed E-state index contributed by atoms with van der Waals surface area (Å²) in [5.74, 6) is 0.712. The Hall–Kier alpha value is -1.33. The monoisotopic (exact) mass is 306 g/mol. The van der Waals surface area contributed by atoms with E-state index >= 15 is 0 Å². The lowest BCUT2D eigenvalue weighted by atomic mass is 10.2. The van der Waals surface area contributed by atoms with Gasteiger partial charge in [-0.25, -0.2) is 0 Å². The molecule has 0 unspecified atom stereocenters. The van der Waals surface area contributed by atoms with Crippen LogP contribution < -0.4 is 5.32 Å². The second kappa shape index (κ2) is 6.41. The number of nitrogens with one attached hydrogen (secondary N) is 1. The molecule has 3 rings (SSSR count). The fourth-order valence-corrected chi connectivity index (χ4v) is 3.70. The Balaban J connectivity index is 1.72. The van der Waals surface area contributed by atoms with Gasteiger partial charge in [-0.05, 0) is 42.6 Å². The van der Waals surface area contributed by atoms with E-state index in [0.29, 0.717) is 11.9 Å². The van der Waals surface area contributed by atoms with Crippen molar-refractivity contribution in [3.05, 3.63) is 40.8 Å². The molecule has 0 aliphatic heterocycles. The maximum Gasteiger partial charge on any atom is 0.198 e. The number of rotatable bonds is 4. The maximum absolute atomic E-state index is 5.59. The van der Waals surface area contributed by atoms with Crippen LogP contribution in [0.15, 0.2) is 40.3 Å². The lowest BCUT2D eigenvalue weighted by molar-refractivity contribution is 0.314. The highest BCUT2D eigenvalue weighted by Crippen LogP contribution is 2.26. The van der Waals surface area contributed by atoms with Gasteiger partial charge < -0.3 is 14.6 Å². The van der Waals surface area contributed by atoms with E-state index in [4.69, 9.17) is 16.6 Å². The van der Waals surface area contributed by atoms with Crippen LogP contribution in [-0.4, -0.2) is 16.1 Å². The van der Waals surface area contributed by atoms with E-state index in [2.05, 4.69) is 27.7 Å². The number of thiophene rings is 1. The smallest absolute Gasteiger partial charge is 0.198 e. The number of hydrogen-bond donors (Lipinski definition) is 1. The molecule has 2 heterocycles. The predicted molar refractivity (Wildman–Crippen MR) is 87.0 cm³/mol. The Morgan fingerprint density at radius 2 is 2.20 bits per heavy atom. The molecule has 1 saturated carbocycles. The normalized spacial score (nSPS) is 15.4. The van der Waals surface area contributed by atoms with Crippen LogP contribution in [0, 0.1) is 0 Å². The van der Waals surface area contributed by atoms with Gasteiger partial charge in [-0.3, -0.25) is 0 Å². The van der Waals surface area contributed by atoms with Crippen LogP contribution in [0.25, 0.3) is 0 Å². The quantitative estimate of drug-likeness (QED) is 0.843. The summed E-state index contributed by atoms with van der Waals surface area (Å²) in [6.07, 6.45) is 6.71. The molecule has 0 amide bonds. The summed E-state index contributed by atoms with van der Waals surface area (Å²) in [4.78, 5) is 3.66. The second-order valence-corrected chi connectivity index (χ2v) is 6.47. The molecule has 0 bridgehead atoms. The Kier molecular flexibility index (Phi) is 4.38. The first-order valence-electron chi connectivity index (χ1n) is 6.96. The summed E-state index contributed by atoms with van der Waals surface area (Å²) in [7, 11) is 0. The summed E-state index contributed by atoms with van der Waals surface area (Å²) in [5.41, 5.74) is 0. The first kappa shape index (κ1) is 13.6. The molecule has 20 heavy (non-hydrogen) atoms. The van der Waals surface area contributed by atoms with Crippen LogP contribution in [0.4, 0.5) is 5.88 Å². The maximum atomic E-state index is 5.59. The lowest BCUT2D eigenvalue weighted by Gasteiger charge is -2.30. The first-order valence-corrected chi connectivity index (χ1v) is 8.25. The zero-order chi connectivity index (χ0) is 13.8. The van der Waals surface area contributed by atoms with E-state index < -0.39 is 0 Å². The molecular formula is C15H18N2OS2. The van der Waals surface area contributed by atoms with Gasteiger partial charge >= 0.3 is 0 Å². The number of thiocarbonyl (C=S) groups is 1. The minimum atomic E-state index is 0.548. The van der Waals surface area contributed by atoms with Gasteiger partial charge in [0, 0.05) is 17.0 Å². The molecule has 0 atom stereocenters. The standard InChI is InChI=1S/C15H18N2OS2/c19-15(16-14-8-3-9-18-14)17(12-5-1-2-6-12)11-13-7-4-10-20-13/h3-4,7-10,12H,1-2,5-6,11H2,(H,16,19). The van der Waals surface area contributed by atoms with Crippen LogP contribution in [0.5, 0.6) is 0 Å². The third-order valence-electron chi connectivity index (χ3n) is 3.68. The van der Waals surface area contributed by atoms with E-state index in [-0.39, 0.29) is 0 Å². The highest BCUT2D eigenvalue weighted by molar-refractivity contribution is 7.80. The summed E-state index contributed by atoms with van der Waals surface area (Å²) in [6, 6.07) is 8.57. The van der Waals surface area contributed by atoms with Gasteiger partial charge in [-0.2, -0.15) is 0 Å². The number of hydrogen-bond acceptors (Lipinski definition) is 3. The Morgan fingerprint density at radius 1 is 1.35 bits per heavy atom. The molecule has 1 fully saturated rings. The van der Waals surface area contributed by atoms with Gasteiger partial charge in [-0.1, -0.05) is 18.9 Å². The van der Waals surface area contributed by atoms with Gasteiger partial charge in [0.1, 0.15) is 0 Å². The summed E-state index contributed by atoms with van der Waals surface area (Å²) in [5, 5.41) is 6.09. The van der Waals surface area contributed by atoms with Crippen molar-refractivity contribution in [2.45, 2.75) is 38.3 Å². The molecule has 3 nitrogen and oxygen atoms in total. The zero-order valence-corrected chi connectivity index (χ0v) is 12.9. The Labute approximate surface area is 128 Å². The molecule has 0 aromatic carbocycles. The van der Waals surface area contributed by atoms with Crippen molar-refractivity contribution in [1.82, 2.24) is 4.90 Å². The van der Waals surface area contributed by atoms with Crippen molar-refractivity contribution in [2.24, 2.45) is 0 Å². The first-order chi connectivity index (χ1) is 9.83. The van der Waals surface area contributed by atoms with Crippen LogP contribution >= 0.6 is 23.6 Å². The third-order valence-corrected chi connectivity index (χ3v) is 4.88. The van der Waals surface area contributed by atoms with Crippen molar-refractivity contribution in [3.63, 3.8) is 0 Å². The second-order valence-electron chi connectivity index (χ2n) is 5.05. The molecule has 0 saturated heterocycles. The summed E-state index contributed by atoms with van der Waals surface area (Å²) < 4.78 is 5.33. The van der Waals surface area contributed by atoms with Crippen LogP contribution in [0.3, 0.4) is 0 Å². The number of nitrogens with zero attached hydrogens (tertiary/aromatic N) is 1. The van der Waals surface area contributed by atoms with Crippen molar-refractivity contribution in [1.29, 1.82) is 0 Å². The molecule has 1 aliphatic rings. The van der Waals surface area contributed by atoms with Crippen molar-refractivity contribution < 1.29 is 4.42 Å². The van der Waals surface area contributed by atoms with E-state index in [1.54, 1.807) is 17.6 Å². The van der Waals surface area contributed by atoms with Gasteiger partial charge in [0.15, 0.2) is 11.0 Å². The third kappa shape index (κ3) is 3.22. The average molecular weight is 306 g/mol. The number of anilines is 1. The molecule has 2 aromatic rings. The molecule has 5 heteroatoms. The predicted octanol–water partition coefficient (Wildman–Crippen LogP) is 4.48. The Bertz CT molecular complexity index is 530. The fourth-order valence-electron chi connectivity index (χ4n) is 2.68. The molecule has 106 valence electrons. The van der Waals surface area contributed by atoms with E-state index in [9.17, 15) is 0 Å². The molecule has 2 aromatic heterocycles. The van der Waals surface area contributed by atoms with Crippen LogP contribution in [-0.2, 0) is 6.54 Å². The zero-order valence-electron chi connectivity index (χ0n) is 11.2. The SMILES string of the molecule is S=C(Nc1ccco1)N(Cc1cccs1)C1CCCC1. The molecule has 0 radical (unpaired) electrons. The molecule has 0 spiro atoms. The molecule has 1 N–H and O–H groups in total. The summed E-state index contributed by atoms with van der Waals surface area (Å²) >= 11 is 7.38. The van der Waals surface area contributed by atoms with E-state index in [0.717, 1.165) is 11.7 Å². The number of furan rings is 1. The van der Waals surface area contributed by atoms with E-state index in [1.165, 1.54) is 30.6 Å². The highest BCUT2D eigenvalue weighted by Gasteiger charge is 2.25. The van der Waals surface area contributed by atoms with E-state index in [1.807, 2.05) is 12.1 Å².